The summed E-state index contributed by atoms with van der Waals surface area (Å²) in [6, 6.07) is 6.72. The van der Waals surface area contributed by atoms with E-state index in [0.717, 1.165) is 25.2 Å². The van der Waals surface area contributed by atoms with Crippen LogP contribution in [0.3, 0.4) is 0 Å². The lowest BCUT2D eigenvalue weighted by Crippen LogP contribution is -2.37. The summed E-state index contributed by atoms with van der Waals surface area (Å²) in [6.07, 6.45) is 6.14. The Hall–Kier alpha value is -1.06. The molecule has 1 atom stereocenters. The van der Waals surface area contributed by atoms with Crippen LogP contribution in [0.15, 0.2) is 18.2 Å². The van der Waals surface area contributed by atoms with Gasteiger partial charge in [0.15, 0.2) is 0 Å². The molecule has 3 heteroatoms. The molecule has 0 amide bonds. The molecular formula is C14H20N2O. The third kappa shape index (κ3) is 1.94. The largest absolute Gasteiger partial charge is 0.493 e. The van der Waals surface area contributed by atoms with Crippen molar-refractivity contribution in [1.82, 2.24) is 5.43 Å². The highest BCUT2D eigenvalue weighted by Crippen LogP contribution is 2.42. The number of nitrogens with one attached hydrogen (secondary N) is 1. The lowest BCUT2D eigenvalue weighted by Gasteiger charge is -2.35. The second-order valence-corrected chi connectivity index (χ2v) is 5.12. The van der Waals surface area contributed by atoms with Crippen LogP contribution < -0.4 is 16.0 Å². The zero-order chi connectivity index (χ0) is 11.7. The molecule has 1 heterocycles. The van der Waals surface area contributed by atoms with Crippen molar-refractivity contribution in [3.63, 3.8) is 0 Å². The van der Waals surface area contributed by atoms with Gasteiger partial charge in [0.2, 0.25) is 0 Å². The van der Waals surface area contributed by atoms with Crippen molar-refractivity contribution < 1.29 is 4.74 Å². The van der Waals surface area contributed by atoms with Crippen LogP contribution in [0.1, 0.15) is 42.9 Å². The van der Waals surface area contributed by atoms with Crippen molar-refractivity contribution in [2.24, 2.45) is 11.8 Å². The van der Waals surface area contributed by atoms with E-state index in [1.807, 2.05) is 0 Å². The number of hydrogen-bond acceptors (Lipinski definition) is 3. The second-order valence-electron chi connectivity index (χ2n) is 5.12. The molecule has 2 aliphatic rings. The fraction of sp³-hybridized carbons (Fsp3) is 0.571. The molecule has 1 saturated carbocycles. The molecule has 0 bridgehead atoms. The van der Waals surface area contributed by atoms with Gasteiger partial charge in [0.25, 0.3) is 0 Å². The molecule has 1 fully saturated rings. The van der Waals surface area contributed by atoms with Crippen LogP contribution in [0.2, 0.25) is 0 Å². The van der Waals surface area contributed by atoms with E-state index in [1.54, 1.807) is 0 Å². The maximum Gasteiger partial charge on any atom is 0.127 e. The third-order valence-corrected chi connectivity index (χ3v) is 4.10. The second kappa shape index (κ2) is 4.67. The zero-order valence-electron chi connectivity index (χ0n) is 10.1. The van der Waals surface area contributed by atoms with Gasteiger partial charge in [0.1, 0.15) is 5.75 Å². The van der Waals surface area contributed by atoms with Crippen molar-refractivity contribution in [2.45, 2.75) is 38.1 Å². The lowest BCUT2D eigenvalue weighted by molar-refractivity contribution is 0.220. The molecule has 1 aromatic rings. The van der Waals surface area contributed by atoms with E-state index in [0.29, 0.717) is 5.92 Å². The van der Waals surface area contributed by atoms with Crippen LogP contribution in [0.5, 0.6) is 5.75 Å². The van der Waals surface area contributed by atoms with E-state index in [2.05, 4.69) is 23.6 Å². The van der Waals surface area contributed by atoms with Gasteiger partial charge in [-0.2, -0.15) is 0 Å². The van der Waals surface area contributed by atoms with Crippen molar-refractivity contribution >= 4 is 0 Å². The molecule has 0 radical (unpaired) electrons. The van der Waals surface area contributed by atoms with Gasteiger partial charge < -0.3 is 4.74 Å². The third-order valence-electron chi connectivity index (χ3n) is 4.10. The molecule has 3 N–H and O–H groups in total. The monoisotopic (exact) mass is 232 g/mol. The van der Waals surface area contributed by atoms with Gasteiger partial charge in [0.05, 0.1) is 12.6 Å². The highest BCUT2D eigenvalue weighted by molar-refractivity contribution is 5.44. The summed E-state index contributed by atoms with van der Waals surface area (Å²) in [5.41, 5.74) is 5.59. The zero-order valence-corrected chi connectivity index (χ0v) is 10.1. The smallest absolute Gasteiger partial charge is 0.127 e. The van der Waals surface area contributed by atoms with Gasteiger partial charge in [0, 0.05) is 5.56 Å². The van der Waals surface area contributed by atoms with Gasteiger partial charge in [-0.05, 0) is 37.2 Å². The molecule has 0 saturated heterocycles. The van der Waals surface area contributed by atoms with Crippen LogP contribution in [0.4, 0.5) is 0 Å². The Morgan fingerprint density at radius 1 is 1.29 bits per heavy atom. The topological polar surface area (TPSA) is 47.3 Å². The van der Waals surface area contributed by atoms with E-state index in [4.69, 9.17) is 10.6 Å². The summed E-state index contributed by atoms with van der Waals surface area (Å²) in [5.74, 6) is 7.51. The highest BCUT2D eigenvalue weighted by atomic mass is 16.5. The average Bonchev–Trinajstić information content (AvgIpc) is 2.33. The van der Waals surface area contributed by atoms with Crippen molar-refractivity contribution in [3.05, 3.63) is 29.3 Å². The molecule has 17 heavy (non-hydrogen) atoms. The number of fused-ring (bicyclic) bond motifs is 1. The molecule has 1 aliphatic carbocycles. The van der Waals surface area contributed by atoms with Gasteiger partial charge in [-0.1, -0.05) is 24.6 Å². The number of para-hydroxylation sites is 1. The summed E-state index contributed by atoms with van der Waals surface area (Å²) < 4.78 is 5.86. The van der Waals surface area contributed by atoms with Crippen molar-refractivity contribution in [3.8, 4) is 5.75 Å². The summed E-state index contributed by atoms with van der Waals surface area (Å²) in [4.78, 5) is 0. The Morgan fingerprint density at radius 2 is 2.18 bits per heavy atom. The minimum Gasteiger partial charge on any atom is -0.493 e. The Kier molecular flexibility index (Phi) is 3.04. The molecule has 92 valence electrons. The molecule has 3 rings (SSSR count). The number of rotatable bonds is 3. The summed E-state index contributed by atoms with van der Waals surface area (Å²) >= 11 is 0. The van der Waals surface area contributed by atoms with Crippen LogP contribution in [-0.4, -0.2) is 6.61 Å². The van der Waals surface area contributed by atoms with Crippen LogP contribution in [0, 0.1) is 5.92 Å². The highest BCUT2D eigenvalue weighted by Gasteiger charge is 2.30. The first-order valence-corrected chi connectivity index (χ1v) is 6.61. The first-order valence-electron chi connectivity index (χ1n) is 6.61. The number of hydrazine groups is 1. The van der Waals surface area contributed by atoms with Crippen LogP contribution in [-0.2, 0) is 6.42 Å². The van der Waals surface area contributed by atoms with E-state index in [1.165, 1.54) is 30.4 Å². The normalized spacial score (nSPS) is 21.2. The van der Waals surface area contributed by atoms with Gasteiger partial charge in [-0.25, -0.2) is 0 Å². The fourth-order valence-electron chi connectivity index (χ4n) is 2.91. The first-order chi connectivity index (χ1) is 8.40. The molecular weight excluding hydrogens is 212 g/mol. The Bertz CT molecular complexity index is 401. The Labute approximate surface area is 102 Å². The van der Waals surface area contributed by atoms with Crippen LogP contribution >= 0.6 is 0 Å². The molecule has 1 unspecified atom stereocenters. The number of ether oxygens (including phenoxy) is 1. The maximum atomic E-state index is 5.86. The minimum absolute atomic E-state index is 0.261. The number of benzene rings is 1. The lowest BCUT2D eigenvalue weighted by atomic mass is 9.77. The predicted molar refractivity (Wildman–Crippen MR) is 67.7 cm³/mol. The number of hydrogen-bond donors (Lipinski definition) is 2. The van der Waals surface area contributed by atoms with E-state index < -0.39 is 0 Å². The predicted octanol–water partition coefficient (Wildman–Crippen LogP) is 2.32. The molecule has 1 aromatic carbocycles. The average molecular weight is 232 g/mol. The quantitative estimate of drug-likeness (QED) is 0.621. The Balaban J connectivity index is 1.94. The summed E-state index contributed by atoms with van der Waals surface area (Å²) in [7, 11) is 0. The standard InChI is InChI=1S/C14H20N2O/c15-16-13(10-4-1-5-10)12-8-2-6-11-7-3-9-17-14(11)12/h2,6,8,10,13,16H,1,3-5,7,9,15H2. The molecule has 1 aliphatic heterocycles. The maximum absolute atomic E-state index is 5.86. The van der Waals surface area contributed by atoms with Gasteiger partial charge in [-0.3, -0.25) is 11.3 Å². The van der Waals surface area contributed by atoms with E-state index in [9.17, 15) is 0 Å². The SMILES string of the molecule is NNC(c1cccc2c1OCCC2)C1CCC1. The van der Waals surface area contributed by atoms with E-state index >= 15 is 0 Å². The van der Waals surface area contributed by atoms with Crippen molar-refractivity contribution in [2.75, 3.05) is 6.61 Å². The van der Waals surface area contributed by atoms with Gasteiger partial charge >= 0.3 is 0 Å². The number of nitrogens with two attached hydrogens (primary N) is 1. The minimum atomic E-state index is 0.261. The van der Waals surface area contributed by atoms with Crippen LogP contribution in [0.25, 0.3) is 0 Å². The fourth-order valence-corrected chi connectivity index (χ4v) is 2.91. The molecule has 3 nitrogen and oxygen atoms in total. The summed E-state index contributed by atoms with van der Waals surface area (Å²) in [6.45, 7) is 0.839. The van der Waals surface area contributed by atoms with Crippen molar-refractivity contribution in [1.29, 1.82) is 0 Å². The molecule has 0 spiro atoms. The first kappa shape index (κ1) is 11.1. The number of aryl methyl sites for hydroxylation is 1. The molecule has 0 aromatic heterocycles. The van der Waals surface area contributed by atoms with Gasteiger partial charge in [-0.15, -0.1) is 0 Å². The summed E-state index contributed by atoms with van der Waals surface area (Å²) in [5, 5.41) is 0. The Morgan fingerprint density at radius 3 is 2.88 bits per heavy atom. The van der Waals surface area contributed by atoms with E-state index in [-0.39, 0.29) is 6.04 Å².